The van der Waals surface area contributed by atoms with Gasteiger partial charge in [-0.25, -0.2) is 9.18 Å². The lowest BCUT2D eigenvalue weighted by Gasteiger charge is -2.07. The number of benzene rings is 1. The molecule has 104 valence electrons. The van der Waals surface area contributed by atoms with Crippen LogP contribution in [0.4, 0.5) is 10.2 Å². The first-order chi connectivity index (χ1) is 9.69. The van der Waals surface area contributed by atoms with Crippen molar-refractivity contribution in [2.45, 2.75) is 20.0 Å². The van der Waals surface area contributed by atoms with Crippen LogP contribution in [0.1, 0.15) is 12.5 Å². The third kappa shape index (κ3) is 3.78. The molecule has 0 unspecified atom stereocenters. The smallest absolute Gasteiger partial charge is 0.349 e. The summed E-state index contributed by atoms with van der Waals surface area (Å²) in [6, 6.07) is 8.02. The van der Waals surface area contributed by atoms with Crippen molar-refractivity contribution in [3.05, 3.63) is 70.5 Å². The number of hydrogen-bond donors (Lipinski definition) is 1. The summed E-state index contributed by atoms with van der Waals surface area (Å²) in [4.78, 5) is 15.7. The van der Waals surface area contributed by atoms with Crippen LogP contribution in [-0.2, 0) is 13.1 Å². The third-order valence-electron chi connectivity index (χ3n) is 2.77. The van der Waals surface area contributed by atoms with Crippen LogP contribution < -0.4 is 11.0 Å². The zero-order chi connectivity index (χ0) is 14.4. The van der Waals surface area contributed by atoms with E-state index in [0.717, 1.165) is 5.56 Å². The van der Waals surface area contributed by atoms with Crippen LogP contribution in [0.25, 0.3) is 0 Å². The van der Waals surface area contributed by atoms with Gasteiger partial charge in [-0.05, 0) is 30.7 Å². The molecule has 0 spiro atoms. The van der Waals surface area contributed by atoms with Crippen LogP contribution in [0, 0.1) is 5.82 Å². The van der Waals surface area contributed by atoms with E-state index in [1.165, 1.54) is 16.7 Å². The maximum absolute atomic E-state index is 13.0. The Labute approximate surface area is 116 Å². The van der Waals surface area contributed by atoms with Crippen molar-refractivity contribution in [1.29, 1.82) is 0 Å². The van der Waals surface area contributed by atoms with Gasteiger partial charge in [0.25, 0.3) is 0 Å². The summed E-state index contributed by atoms with van der Waals surface area (Å²) < 4.78 is 14.5. The molecule has 0 aliphatic rings. The molecule has 0 amide bonds. The molecular weight excluding hydrogens is 257 g/mol. The molecule has 1 N–H and O–H groups in total. The predicted molar refractivity (Wildman–Crippen MR) is 77.0 cm³/mol. The fourth-order valence-electron chi connectivity index (χ4n) is 1.72. The molecule has 0 bridgehead atoms. The molecule has 0 saturated heterocycles. The number of anilines is 1. The third-order valence-corrected chi connectivity index (χ3v) is 2.77. The molecule has 0 radical (unpaired) electrons. The van der Waals surface area contributed by atoms with E-state index in [2.05, 4.69) is 10.3 Å². The Morgan fingerprint density at radius 1 is 1.40 bits per heavy atom. The number of nitrogens with one attached hydrogen (secondary N) is 1. The minimum Gasteiger partial charge on any atom is -0.366 e. The van der Waals surface area contributed by atoms with Crippen LogP contribution >= 0.6 is 0 Å². The summed E-state index contributed by atoms with van der Waals surface area (Å²) in [5.74, 6) is 0.204. The Morgan fingerprint density at radius 2 is 2.25 bits per heavy atom. The second-order valence-electron chi connectivity index (χ2n) is 4.30. The van der Waals surface area contributed by atoms with Crippen LogP contribution in [0.15, 0.2) is 53.5 Å². The van der Waals surface area contributed by atoms with Gasteiger partial charge in [0.15, 0.2) is 0 Å². The molecule has 1 aromatic heterocycles. The standard InChI is InChI=1S/C15H16FN3O/c1-2-3-8-19-9-7-14(18-15(19)20)17-11-12-5-4-6-13(16)10-12/h2-7,9-10H,8,11H2,1H3,(H,17,18,20)/b3-2+. The van der Waals surface area contributed by atoms with E-state index < -0.39 is 0 Å². The summed E-state index contributed by atoms with van der Waals surface area (Å²) >= 11 is 0. The first kappa shape index (κ1) is 14.0. The molecule has 1 heterocycles. The molecule has 0 atom stereocenters. The highest BCUT2D eigenvalue weighted by Crippen LogP contribution is 2.06. The summed E-state index contributed by atoms with van der Waals surface area (Å²) in [6.07, 6.45) is 5.44. The van der Waals surface area contributed by atoms with Gasteiger partial charge >= 0.3 is 5.69 Å². The number of hydrogen-bond acceptors (Lipinski definition) is 3. The van der Waals surface area contributed by atoms with Crippen LogP contribution in [0.3, 0.4) is 0 Å². The van der Waals surface area contributed by atoms with E-state index in [1.807, 2.05) is 25.1 Å². The summed E-state index contributed by atoms with van der Waals surface area (Å²) in [5, 5.41) is 3.00. The highest BCUT2D eigenvalue weighted by atomic mass is 19.1. The predicted octanol–water partition coefficient (Wildman–Crippen LogP) is 2.57. The van der Waals surface area contributed by atoms with Crippen molar-refractivity contribution in [2.75, 3.05) is 5.32 Å². The quantitative estimate of drug-likeness (QED) is 0.852. The lowest BCUT2D eigenvalue weighted by atomic mass is 10.2. The van der Waals surface area contributed by atoms with E-state index >= 15 is 0 Å². The molecule has 2 aromatic rings. The molecule has 0 fully saturated rings. The van der Waals surface area contributed by atoms with Gasteiger partial charge in [0, 0.05) is 19.3 Å². The summed E-state index contributed by atoms with van der Waals surface area (Å²) in [6.45, 7) is 2.82. The van der Waals surface area contributed by atoms with Crippen LogP contribution in [0.2, 0.25) is 0 Å². The molecule has 0 aliphatic carbocycles. The average Bonchev–Trinajstić information content (AvgIpc) is 2.44. The van der Waals surface area contributed by atoms with E-state index in [4.69, 9.17) is 0 Å². The number of rotatable bonds is 5. The molecule has 2 rings (SSSR count). The van der Waals surface area contributed by atoms with Gasteiger partial charge in [0.2, 0.25) is 0 Å². The zero-order valence-electron chi connectivity index (χ0n) is 11.2. The van der Waals surface area contributed by atoms with Crippen LogP contribution in [-0.4, -0.2) is 9.55 Å². The van der Waals surface area contributed by atoms with Crippen molar-refractivity contribution < 1.29 is 4.39 Å². The lowest BCUT2D eigenvalue weighted by molar-refractivity contribution is 0.626. The van der Waals surface area contributed by atoms with Gasteiger partial charge in [-0.15, -0.1) is 0 Å². The first-order valence-electron chi connectivity index (χ1n) is 6.36. The van der Waals surface area contributed by atoms with E-state index in [0.29, 0.717) is 18.9 Å². The molecule has 1 aromatic carbocycles. The Kier molecular flexibility index (Phi) is 4.65. The van der Waals surface area contributed by atoms with Crippen molar-refractivity contribution in [1.82, 2.24) is 9.55 Å². The van der Waals surface area contributed by atoms with Crippen molar-refractivity contribution in [2.24, 2.45) is 0 Å². The van der Waals surface area contributed by atoms with Gasteiger partial charge in [-0.3, -0.25) is 4.57 Å². The summed E-state index contributed by atoms with van der Waals surface area (Å²) in [5.41, 5.74) is 0.484. The molecule has 4 nitrogen and oxygen atoms in total. The maximum atomic E-state index is 13.0. The van der Waals surface area contributed by atoms with Crippen LogP contribution in [0.5, 0.6) is 0 Å². The highest BCUT2D eigenvalue weighted by molar-refractivity contribution is 5.33. The molecule has 20 heavy (non-hydrogen) atoms. The SMILES string of the molecule is C/C=C/Cn1ccc(NCc2cccc(F)c2)nc1=O. The Hall–Kier alpha value is -2.43. The Balaban J connectivity index is 2.03. The van der Waals surface area contributed by atoms with E-state index in [9.17, 15) is 9.18 Å². The molecule has 0 aliphatic heterocycles. The summed E-state index contributed by atoms with van der Waals surface area (Å²) in [7, 11) is 0. The largest absolute Gasteiger partial charge is 0.366 e. The second kappa shape index (κ2) is 6.65. The van der Waals surface area contributed by atoms with Gasteiger partial charge in [-0.2, -0.15) is 4.98 Å². The number of aromatic nitrogens is 2. The van der Waals surface area contributed by atoms with E-state index in [-0.39, 0.29) is 11.5 Å². The normalized spacial score (nSPS) is 10.9. The van der Waals surface area contributed by atoms with Gasteiger partial charge in [-0.1, -0.05) is 24.3 Å². The zero-order valence-corrected chi connectivity index (χ0v) is 11.2. The molecule has 5 heteroatoms. The maximum Gasteiger partial charge on any atom is 0.349 e. The topological polar surface area (TPSA) is 46.9 Å². The van der Waals surface area contributed by atoms with Crippen molar-refractivity contribution in [3.8, 4) is 0 Å². The minimum absolute atomic E-state index is 0.279. The van der Waals surface area contributed by atoms with Gasteiger partial charge in [0.1, 0.15) is 11.6 Å². The monoisotopic (exact) mass is 273 g/mol. The fourth-order valence-corrected chi connectivity index (χ4v) is 1.72. The molecule has 0 saturated carbocycles. The van der Waals surface area contributed by atoms with E-state index in [1.54, 1.807) is 18.3 Å². The average molecular weight is 273 g/mol. The van der Waals surface area contributed by atoms with Crippen molar-refractivity contribution in [3.63, 3.8) is 0 Å². The van der Waals surface area contributed by atoms with Crippen molar-refractivity contribution >= 4 is 5.82 Å². The first-order valence-corrected chi connectivity index (χ1v) is 6.36. The minimum atomic E-state index is -0.313. The highest BCUT2D eigenvalue weighted by Gasteiger charge is 2.00. The number of allylic oxidation sites excluding steroid dienone is 2. The fraction of sp³-hybridized carbons (Fsp3) is 0.200. The lowest BCUT2D eigenvalue weighted by Crippen LogP contribution is -2.22. The Morgan fingerprint density at radius 3 is 2.95 bits per heavy atom. The van der Waals surface area contributed by atoms with Gasteiger partial charge in [0.05, 0.1) is 0 Å². The number of halogens is 1. The molecular formula is C15H16FN3O. The van der Waals surface area contributed by atoms with Gasteiger partial charge < -0.3 is 5.32 Å². The Bertz CT molecular complexity index is 664. The number of nitrogens with zero attached hydrogens (tertiary/aromatic N) is 2. The second-order valence-corrected chi connectivity index (χ2v) is 4.30.